The van der Waals surface area contributed by atoms with Crippen molar-refractivity contribution < 1.29 is 5.11 Å². The Kier molecular flexibility index (Phi) is 3.86. The molecule has 0 radical (unpaired) electrons. The lowest BCUT2D eigenvalue weighted by Gasteiger charge is -2.22. The van der Waals surface area contributed by atoms with Crippen LogP contribution in [-0.4, -0.2) is 16.5 Å². The fourth-order valence-electron chi connectivity index (χ4n) is 1.78. The molecule has 16 heavy (non-hydrogen) atoms. The molecule has 0 saturated heterocycles. The highest BCUT2D eigenvalue weighted by molar-refractivity contribution is 8.00. The van der Waals surface area contributed by atoms with Crippen molar-refractivity contribution in [3.63, 3.8) is 0 Å². The van der Waals surface area contributed by atoms with Gasteiger partial charge < -0.3 is 5.11 Å². The van der Waals surface area contributed by atoms with Gasteiger partial charge in [0.1, 0.15) is 0 Å². The van der Waals surface area contributed by atoms with Crippen LogP contribution in [0, 0.1) is 0 Å². The molecular formula is C14H16OS. The summed E-state index contributed by atoms with van der Waals surface area (Å²) in [5.74, 6) is 0. The predicted octanol–water partition coefficient (Wildman–Crippen LogP) is 3.34. The molecular weight excluding hydrogens is 216 g/mol. The zero-order chi connectivity index (χ0) is 11.4. The first kappa shape index (κ1) is 11.5. The molecule has 0 unspecified atom stereocenters. The number of aliphatic hydroxyl groups excluding tert-OH is 1. The first-order valence-electron chi connectivity index (χ1n) is 5.51. The van der Waals surface area contributed by atoms with Crippen molar-refractivity contribution >= 4 is 11.8 Å². The molecule has 1 aliphatic rings. The lowest BCUT2D eigenvalue weighted by atomic mass is 10.1. The molecule has 2 heteroatoms. The molecule has 0 aromatic heterocycles. The summed E-state index contributed by atoms with van der Waals surface area (Å²) in [6, 6.07) is 10.2. The smallest absolute Gasteiger partial charge is 0.0671 e. The third kappa shape index (κ3) is 2.77. The first-order valence-corrected chi connectivity index (χ1v) is 6.45. The average Bonchev–Trinajstić information content (AvgIpc) is 2.79. The molecule has 1 aromatic carbocycles. The van der Waals surface area contributed by atoms with E-state index in [2.05, 4.69) is 36.4 Å². The Morgan fingerprint density at radius 2 is 1.75 bits per heavy atom. The van der Waals surface area contributed by atoms with E-state index in [1.807, 2.05) is 25.1 Å². The van der Waals surface area contributed by atoms with E-state index in [0.29, 0.717) is 5.25 Å². The van der Waals surface area contributed by atoms with Gasteiger partial charge in [-0.15, -0.1) is 11.8 Å². The Morgan fingerprint density at radius 1 is 1.12 bits per heavy atom. The van der Waals surface area contributed by atoms with E-state index >= 15 is 0 Å². The molecule has 1 aliphatic carbocycles. The van der Waals surface area contributed by atoms with E-state index in [4.69, 9.17) is 0 Å². The van der Waals surface area contributed by atoms with Crippen molar-refractivity contribution in [3.8, 4) is 0 Å². The van der Waals surface area contributed by atoms with Crippen molar-refractivity contribution in [1.29, 1.82) is 0 Å². The lowest BCUT2D eigenvalue weighted by molar-refractivity contribution is 0.192. The van der Waals surface area contributed by atoms with E-state index < -0.39 is 0 Å². The van der Waals surface area contributed by atoms with Crippen LogP contribution in [0.1, 0.15) is 17.7 Å². The maximum absolute atomic E-state index is 9.86. The van der Waals surface area contributed by atoms with Crippen LogP contribution in [0.4, 0.5) is 0 Å². The standard InChI is InChI=1S/C14H16OS/c1-11(15)14(12-7-3-2-4-8-12)16-13-9-5-6-10-13/h2-11,13-15H,1H3/t11-,14-/m1/s1. The molecule has 0 amide bonds. The average molecular weight is 232 g/mol. The molecule has 0 heterocycles. The number of aliphatic hydroxyl groups is 1. The molecule has 84 valence electrons. The normalized spacial score (nSPS) is 18.9. The molecule has 0 bridgehead atoms. The molecule has 0 spiro atoms. The first-order chi connectivity index (χ1) is 7.77. The number of hydrogen-bond acceptors (Lipinski definition) is 2. The van der Waals surface area contributed by atoms with Crippen molar-refractivity contribution in [1.82, 2.24) is 0 Å². The number of allylic oxidation sites excluding steroid dienone is 2. The highest BCUT2D eigenvalue weighted by atomic mass is 32.2. The lowest BCUT2D eigenvalue weighted by Crippen LogP contribution is -2.13. The summed E-state index contributed by atoms with van der Waals surface area (Å²) < 4.78 is 0. The van der Waals surface area contributed by atoms with Gasteiger partial charge in [-0.25, -0.2) is 0 Å². The van der Waals surface area contributed by atoms with Gasteiger partial charge in [0.25, 0.3) is 0 Å². The Morgan fingerprint density at radius 3 is 2.31 bits per heavy atom. The quantitative estimate of drug-likeness (QED) is 0.859. The van der Waals surface area contributed by atoms with E-state index in [-0.39, 0.29) is 11.4 Å². The van der Waals surface area contributed by atoms with E-state index in [0.717, 1.165) is 0 Å². The van der Waals surface area contributed by atoms with Gasteiger partial charge in [0.15, 0.2) is 0 Å². The third-order valence-electron chi connectivity index (χ3n) is 2.58. The molecule has 1 N–H and O–H groups in total. The summed E-state index contributed by atoms with van der Waals surface area (Å²) in [6.07, 6.45) is 8.09. The predicted molar refractivity (Wildman–Crippen MR) is 70.5 cm³/mol. The number of hydrogen-bond donors (Lipinski definition) is 1. The van der Waals surface area contributed by atoms with Gasteiger partial charge in [-0.1, -0.05) is 54.6 Å². The molecule has 0 aliphatic heterocycles. The summed E-state index contributed by atoms with van der Waals surface area (Å²) in [4.78, 5) is 0. The van der Waals surface area contributed by atoms with Crippen molar-refractivity contribution in [2.24, 2.45) is 0 Å². The number of rotatable bonds is 4. The molecule has 0 fully saturated rings. The fourth-order valence-corrected chi connectivity index (χ4v) is 3.03. The topological polar surface area (TPSA) is 20.2 Å². The second-order valence-corrected chi connectivity index (χ2v) is 5.27. The van der Waals surface area contributed by atoms with E-state index in [9.17, 15) is 5.11 Å². The minimum absolute atomic E-state index is 0.138. The zero-order valence-corrected chi connectivity index (χ0v) is 10.1. The van der Waals surface area contributed by atoms with Gasteiger partial charge in [0, 0.05) is 5.25 Å². The summed E-state index contributed by atoms with van der Waals surface area (Å²) >= 11 is 1.79. The van der Waals surface area contributed by atoms with Crippen LogP contribution in [0.25, 0.3) is 0 Å². The summed E-state index contributed by atoms with van der Waals surface area (Å²) in [6.45, 7) is 1.85. The van der Waals surface area contributed by atoms with Gasteiger partial charge in [-0.2, -0.15) is 0 Å². The minimum Gasteiger partial charge on any atom is -0.392 e. The van der Waals surface area contributed by atoms with Crippen LogP contribution in [0.5, 0.6) is 0 Å². The molecule has 0 saturated carbocycles. The monoisotopic (exact) mass is 232 g/mol. The fraction of sp³-hybridized carbons (Fsp3) is 0.286. The van der Waals surface area contributed by atoms with Gasteiger partial charge in [-0.3, -0.25) is 0 Å². The summed E-state index contributed by atoms with van der Waals surface area (Å²) in [5.41, 5.74) is 1.19. The Balaban J connectivity index is 2.11. The Hall–Kier alpha value is -0.990. The zero-order valence-electron chi connectivity index (χ0n) is 9.28. The van der Waals surface area contributed by atoms with Gasteiger partial charge in [0.05, 0.1) is 11.4 Å². The van der Waals surface area contributed by atoms with Gasteiger partial charge in [-0.05, 0) is 12.5 Å². The van der Waals surface area contributed by atoms with Crippen LogP contribution < -0.4 is 0 Å². The highest BCUT2D eigenvalue weighted by Gasteiger charge is 2.21. The molecule has 2 atom stereocenters. The van der Waals surface area contributed by atoms with Crippen LogP contribution in [0.15, 0.2) is 54.6 Å². The SMILES string of the molecule is C[C@@H](O)[C@@H](SC1C=CC=C1)c1ccccc1. The summed E-state index contributed by atoms with van der Waals surface area (Å²) in [7, 11) is 0. The van der Waals surface area contributed by atoms with E-state index in [1.54, 1.807) is 11.8 Å². The Labute approximate surface area is 101 Å². The van der Waals surface area contributed by atoms with Crippen LogP contribution in [0.2, 0.25) is 0 Å². The maximum atomic E-state index is 9.86. The van der Waals surface area contributed by atoms with Gasteiger partial charge >= 0.3 is 0 Å². The second-order valence-electron chi connectivity index (χ2n) is 3.94. The maximum Gasteiger partial charge on any atom is 0.0671 e. The third-order valence-corrected chi connectivity index (χ3v) is 4.17. The van der Waals surface area contributed by atoms with Crippen LogP contribution in [0.3, 0.4) is 0 Å². The van der Waals surface area contributed by atoms with E-state index in [1.165, 1.54) is 5.56 Å². The summed E-state index contributed by atoms with van der Waals surface area (Å²) in [5, 5.41) is 10.4. The molecule has 2 rings (SSSR count). The number of benzene rings is 1. The van der Waals surface area contributed by atoms with Crippen molar-refractivity contribution in [2.75, 3.05) is 0 Å². The van der Waals surface area contributed by atoms with Crippen LogP contribution in [-0.2, 0) is 0 Å². The van der Waals surface area contributed by atoms with Gasteiger partial charge in [0.2, 0.25) is 0 Å². The second kappa shape index (κ2) is 5.37. The van der Waals surface area contributed by atoms with Crippen molar-refractivity contribution in [3.05, 3.63) is 60.2 Å². The Bertz CT molecular complexity index is 369. The largest absolute Gasteiger partial charge is 0.392 e. The molecule has 1 aromatic rings. The highest BCUT2D eigenvalue weighted by Crippen LogP contribution is 2.37. The van der Waals surface area contributed by atoms with Crippen molar-refractivity contribution in [2.45, 2.75) is 23.5 Å². The number of thioether (sulfide) groups is 1. The van der Waals surface area contributed by atoms with Crippen LogP contribution >= 0.6 is 11.8 Å². The minimum atomic E-state index is -0.338. The molecule has 1 nitrogen and oxygen atoms in total.